The zero-order valence-electron chi connectivity index (χ0n) is 20.0. The normalized spacial score (nSPS) is 38.5. The zero-order chi connectivity index (χ0) is 23.7. The number of Topliss-reactive ketones (excluding diaryl/α,β-unsaturated/α-hetero) is 1. The van der Waals surface area contributed by atoms with E-state index in [0.717, 1.165) is 37.7 Å². The molecule has 3 fully saturated rings. The maximum atomic E-state index is 12.9. The molecule has 0 unspecified atom stereocenters. The van der Waals surface area contributed by atoms with Gasteiger partial charge in [0.2, 0.25) is 0 Å². The van der Waals surface area contributed by atoms with Crippen molar-refractivity contribution in [1.82, 2.24) is 0 Å². The van der Waals surface area contributed by atoms with E-state index in [4.69, 9.17) is 0 Å². The van der Waals surface area contributed by atoms with Crippen molar-refractivity contribution < 1.29 is 25.2 Å². The molecule has 0 aromatic carbocycles. The third-order valence-corrected chi connectivity index (χ3v) is 8.66. The average Bonchev–Trinajstić information content (AvgIpc) is 3.10. The number of aliphatic hydroxyl groups excluding tert-OH is 3. The van der Waals surface area contributed by atoms with Gasteiger partial charge in [0.1, 0.15) is 5.78 Å². The molecule has 3 aliphatic carbocycles. The lowest BCUT2D eigenvalue weighted by atomic mass is 9.60. The summed E-state index contributed by atoms with van der Waals surface area (Å²) >= 11 is 0. The third kappa shape index (κ3) is 5.27. The summed E-state index contributed by atoms with van der Waals surface area (Å²) in [5.74, 6) is 0.898. The van der Waals surface area contributed by atoms with Gasteiger partial charge < -0.3 is 20.4 Å². The monoisotopic (exact) mass is 446 g/mol. The molecule has 5 nitrogen and oxygen atoms in total. The molecule has 0 aromatic rings. The summed E-state index contributed by atoms with van der Waals surface area (Å²) in [6.45, 7) is 9.65. The Hall–Kier alpha value is -1.27. The van der Waals surface area contributed by atoms with Crippen molar-refractivity contribution in [3.63, 3.8) is 0 Å². The van der Waals surface area contributed by atoms with Crippen molar-refractivity contribution in [2.45, 2.75) is 96.4 Å². The molecule has 0 spiro atoms. The van der Waals surface area contributed by atoms with Gasteiger partial charge in [-0.2, -0.15) is 0 Å². The van der Waals surface area contributed by atoms with Crippen molar-refractivity contribution in [3.8, 4) is 0 Å². The van der Waals surface area contributed by atoms with Crippen LogP contribution in [-0.4, -0.2) is 50.6 Å². The smallest absolute Gasteiger partial charge is 0.136 e. The predicted octanol–water partition coefficient (Wildman–Crippen LogP) is 3.86. The summed E-state index contributed by atoms with van der Waals surface area (Å²) in [6, 6.07) is 0. The number of allylic oxidation sites excluding steroid dienone is 3. The molecule has 3 saturated carbocycles. The van der Waals surface area contributed by atoms with Gasteiger partial charge in [-0.15, -0.1) is 0 Å². The Morgan fingerprint density at radius 1 is 1.31 bits per heavy atom. The number of ketones is 1. The van der Waals surface area contributed by atoms with Crippen LogP contribution in [0, 0.1) is 23.2 Å². The molecule has 32 heavy (non-hydrogen) atoms. The highest BCUT2D eigenvalue weighted by Gasteiger charge is 2.51. The summed E-state index contributed by atoms with van der Waals surface area (Å²) in [5.41, 5.74) is 1.95. The Bertz CT molecular complexity index is 779. The van der Waals surface area contributed by atoms with Crippen LogP contribution in [-0.2, 0) is 4.79 Å². The number of fused-ring (bicyclic) bond motifs is 1. The molecule has 5 heteroatoms. The van der Waals surface area contributed by atoms with Crippen LogP contribution in [0.5, 0.6) is 0 Å². The quantitative estimate of drug-likeness (QED) is 0.476. The van der Waals surface area contributed by atoms with Crippen molar-refractivity contribution >= 4 is 5.78 Å². The van der Waals surface area contributed by atoms with Gasteiger partial charge in [0.25, 0.3) is 0 Å². The van der Waals surface area contributed by atoms with Gasteiger partial charge in [-0.3, -0.25) is 4.79 Å². The first-order valence-electron chi connectivity index (χ1n) is 12.3. The maximum absolute atomic E-state index is 12.9. The lowest BCUT2D eigenvalue weighted by molar-refractivity contribution is -0.127. The SMILES string of the molecule is C=C1/C(=C\C=C2/CCC[C@]3(C)[C@@H]([C@H](C)C(=O)CC[C@@](C)(O)CO)CC[C@@H]23)C[C@@H](O)C[C@@H]1O. The second kappa shape index (κ2) is 9.92. The summed E-state index contributed by atoms with van der Waals surface area (Å²) in [5, 5.41) is 39.5. The molecule has 0 aromatic heterocycles. The highest BCUT2D eigenvalue weighted by molar-refractivity contribution is 5.81. The number of rotatable bonds is 7. The van der Waals surface area contributed by atoms with Gasteiger partial charge in [-0.25, -0.2) is 0 Å². The first-order chi connectivity index (χ1) is 15.0. The summed E-state index contributed by atoms with van der Waals surface area (Å²) in [7, 11) is 0. The van der Waals surface area contributed by atoms with Crippen LogP contribution >= 0.6 is 0 Å². The van der Waals surface area contributed by atoms with Crippen LogP contribution in [0.4, 0.5) is 0 Å². The van der Waals surface area contributed by atoms with Crippen LogP contribution in [0.1, 0.15) is 78.6 Å². The van der Waals surface area contributed by atoms with Gasteiger partial charge in [0.05, 0.1) is 24.4 Å². The van der Waals surface area contributed by atoms with E-state index in [1.54, 1.807) is 6.92 Å². The molecule has 7 atom stereocenters. The van der Waals surface area contributed by atoms with Gasteiger partial charge >= 0.3 is 0 Å². The van der Waals surface area contributed by atoms with Crippen molar-refractivity contribution in [1.29, 1.82) is 0 Å². The number of carbonyl (C=O) groups excluding carboxylic acids is 1. The van der Waals surface area contributed by atoms with E-state index in [9.17, 15) is 25.2 Å². The number of carbonyl (C=O) groups is 1. The lowest BCUT2D eigenvalue weighted by Gasteiger charge is -2.44. The molecule has 0 amide bonds. The summed E-state index contributed by atoms with van der Waals surface area (Å²) in [6.07, 6.45) is 9.91. The van der Waals surface area contributed by atoms with E-state index < -0.39 is 17.8 Å². The molecular formula is C27H42O5. The minimum Gasteiger partial charge on any atom is -0.393 e. The fourth-order valence-electron chi connectivity index (χ4n) is 6.49. The van der Waals surface area contributed by atoms with Crippen LogP contribution in [0.15, 0.2) is 35.5 Å². The van der Waals surface area contributed by atoms with E-state index in [1.807, 2.05) is 13.0 Å². The topological polar surface area (TPSA) is 98.0 Å². The molecule has 3 rings (SSSR count). The number of aliphatic hydroxyl groups is 4. The zero-order valence-corrected chi connectivity index (χ0v) is 20.0. The Balaban J connectivity index is 1.73. The van der Waals surface area contributed by atoms with E-state index in [-0.39, 0.29) is 23.7 Å². The summed E-state index contributed by atoms with van der Waals surface area (Å²) in [4.78, 5) is 12.9. The minimum atomic E-state index is -1.20. The minimum absolute atomic E-state index is 0.0550. The van der Waals surface area contributed by atoms with Crippen molar-refractivity contribution in [3.05, 3.63) is 35.5 Å². The van der Waals surface area contributed by atoms with Crippen LogP contribution in [0.2, 0.25) is 0 Å². The van der Waals surface area contributed by atoms with E-state index in [2.05, 4.69) is 19.6 Å². The van der Waals surface area contributed by atoms with Crippen molar-refractivity contribution in [2.75, 3.05) is 6.61 Å². The van der Waals surface area contributed by atoms with E-state index in [0.29, 0.717) is 43.1 Å². The third-order valence-electron chi connectivity index (χ3n) is 8.66. The molecule has 0 saturated heterocycles. The van der Waals surface area contributed by atoms with Gasteiger partial charge in [0, 0.05) is 18.8 Å². The highest BCUT2D eigenvalue weighted by atomic mass is 16.3. The number of hydrogen-bond acceptors (Lipinski definition) is 5. The second-order valence-electron chi connectivity index (χ2n) is 11.1. The Labute approximate surface area is 192 Å². The van der Waals surface area contributed by atoms with E-state index in [1.165, 1.54) is 5.57 Å². The second-order valence-corrected chi connectivity index (χ2v) is 11.1. The van der Waals surface area contributed by atoms with Gasteiger partial charge in [-0.1, -0.05) is 38.2 Å². The standard InChI is InChI=1S/C27H42O5/c1-17-20(14-21(29)15-25(17)31)8-7-19-6-5-12-27(4)22(9-10-23(19)27)18(2)24(30)11-13-26(3,32)16-28/h7-8,18,21-23,25,28-29,31-32H,1,5-6,9-16H2,2-4H3/b19-7+,20-8-/t18-,21+,22+,23-,25-,26+,27+/m0/s1. The van der Waals surface area contributed by atoms with Crippen LogP contribution in [0.25, 0.3) is 0 Å². The maximum Gasteiger partial charge on any atom is 0.136 e. The Morgan fingerprint density at radius 2 is 2.03 bits per heavy atom. The van der Waals surface area contributed by atoms with E-state index >= 15 is 0 Å². The number of hydrogen-bond donors (Lipinski definition) is 4. The molecule has 3 aliphatic rings. The molecule has 0 aliphatic heterocycles. The van der Waals surface area contributed by atoms with Crippen LogP contribution < -0.4 is 0 Å². The average molecular weight is 447 g/mol. The van der Waals surface area contributed by atoms with Crippen LogP contribution in [0.3, 0.4) is 0 Å². The molecule has 4 N–H and O–H groups in total. The predicted molar refractivity (Wildman–Crippen MR) is 126 cm³/mol. The fraction of sp³-hybridized carbons (Fsp3) is 0.741. The largest absolute Gasteiger partial charge is 0.393 e. The Kier molecular flexibility index (Phi) is 7.86. The van der Waals surface area contributed by atoms with Gasteiger partial charge in [-0.05, 0) is 80.3 Å². The first-order valence-corrected chi connectivity index (χ1v) is 12.3. The molecular weight excluding hydrogens is 404 g/mol. The Morgan fingerprint density at radius 3 is 2.72 bits per heavy atom. The molecule has 0 radical (unpaired) electrons. The summed E-state index contributed by atoms with van der Waals surface area (Å²) < 4.78 is 0. The molecule has 0 heterocycles. The molecule has 180 valence electrons. The fourth-order valence-corrected chi connectivity index (χ4v) is 6.49. The molecule has 0 bridgehead atoms. The van der Waals surface area contributed by atoms with Gasteiger partial charge in [0.15, 0.2) is 0 Å². The van der Waals surface area contributed by atoms with Crippen molar-refractivity contribution in [2.24, 2.45) is 23.2 Å². The lowest BCUT2D eigenvalue weighted by Crippen LogP contribution is -2.38. The first kappa shape index (κ1) is 25.4. The highest BCUT2D eigenvalue weighted by Crippen LogP contribution is 2.59.